The van der Waals surface area contributed by atoms with Gasteiger partial charge in [0.05, 0.1) is 19.8 Å². The van der Waals surface area contributed by atoms with Gasteiger partial charge in [-0.2, -0.15) is 0 Å². The number of unbranched alkanes of at least 4 members (excludes halogenated alkanes) is 15. The van der Waals surface area contributed by atoms with Gasteiger partial charge >= 0.3 is 6.03 Å². The fourth-order valence-corrected chi connectivity index (χ4v) is 6.08. The minimum Gasteiger partial charge on any atom is -0.379 e. The summed E-state index contributed by atoms with van der Waals surface area (Å²) >= 11 is 0. The van der Waals surface area contributed by atoms with Crippen molar-refractivity contribution in [2.24, 2.45) is 0 Å². The van der Waals surface area contributed by atoms with Crippen molar-refractivity contribution >= 4 is 12.4 Å². The molecule has 2 heterocycles. The van der Waals surface area contributed by atoms with E-state index in [2.05, 4.69) is 17.1 Å². The summed E-state index contributed by atoms with van der Waals surface area (Å²) in [5.74, 6) is 0. The zero-order chi connectivity index (χ0) is 29.2. The Hall–Kier alpha value is -1.38. The van der Waals surface area contributed by atoms with Crippen LogP contribution in [0.25, 0.3) is 0 Å². The van der Waals surface area contributed by atoms with Crippen LogP contribution in [0.5, 0.6) is 0 Å². The number of urea groups is 1. The zero-order valence-corrected chi connectivity index (χ0v) is 26.6. The second kappa shape index (κ2) is 25.1. The smallest absolute Gasteiger partial charge is 0.317 e. The normalized spacial score (nSPS) is 18.0. The molecule has 0 aromatic carbocycles. The fourth-order valence-electron chi connectivity index (χ4n) is 6.08. The highest BCUT2D eigenvalue weighted by molar-refractivity contribution is 5.74. The maximum absolute atomic E-state index is 12.8. The SMILES string of the molecule is CCCCCCCCCCCCCCCCCCN(C=O)OCCC1CCCCN1C(=O)NCCN1CCOCC1. The van der Waals surface area contributed by atoms with Gasteiger partial charge in [0.2, 0.25) is 6.41 Å². The number of carbonyl (C=O) groups excluding carboxylic acids is 2. The molecule has 0 bridgehead atoms. The fraction of sp³-hybridized carbons (Fsp3) is 0.939. The Morgan fingerprint density at radius 3 is 2.02 bits per heavy atom. The van der Waals surface area contributed by atoms with E-state index in [9.17, 15) is 9.59 Å². The van der Waals surface area contributed by atoms with Crippen LogP contribution < -0.4 is 5.32 Å². The molecule has 0 aliphatic carbocycles. The van der Waals surface area contributed by atoms with Crippen LogP contribution in [0.15, 0.2) is 0 Å². The molecule has 8 heteroatoms. The predicted octanol–water partition coefficient (Wildman–Crippen LogP) is 6.92. The quantitative estimate of drug-likeness (QED) is 0.0720. The summed E-state index contributed by atoms with van der Waals surface area (Å²) in [6.07, 6.45) is 26.2. The summed E-state index contributed by atoms with van der Waals surface area (Å²) in [6.45, 7) is 9.16. The van der Waals surface area contributed by atoms with Crippen LogP contribution in [0, 0.1) is 0 Å². The minimum atomic E-state index is 0.0309. The molecule has 3 amide bonds. The summed E-state index contributed by atoms with van der Waals surface area (Å²) < 4.78 is 5.39. The van der Waals surface area contributed by atoms with Gasteiger partial charge in [0.25, 0.3) is 0 Å². The third-order valence-electron chi connectivity index (χ3n) is 8.75. The van der Waals surface area contributed by atoms with E-state index in [1.54, 1.807) is 0 Å². The molecule has 2 aliphatic rings. The number of morpholine rings is 1. The van der Waals surface area contributed by atoms with Gasteiger partial charge in [-0.25, -0.2) is 9.86 Å². The van der Waals surface area contributed by atoms with E-state index >= 15 is 0 Å². The Bertz CT molecular complexity index is 632. The van der Waals surface area contributed by atoms with Gasteiger partial charge in [-0.1, -0.05) is 103 Å². The van der Waals surface area contributed by atoms with Crippen molar-refractivity contribution < 1.29 is 19.2 Å². The Balaban J connectivity index is 1.43. The average molecular weight is 581 g/mol. The van der Waals surface area contributed by atoms with E-state index < -0.39 is 0 Å². The molecule has 41 heavy (non-hydrogen) atoms. The Morgan fingerprint density at radius 1 is 0.854 bits per heavy atom. The van der Waals surface area contributed by atoms with Gasteiger partial charge < -0.3 is 15.0 Å². The number of amides is 3. The maximum atomic E-state index is 12.8. The third-order valence-corrected chi connectivity index (χ3v) is 8.75. The summed E-state index contributed by atoms with van der Waals surface area (Å²) in [6, 6.07) is 0.208. The molecular formula is C33H64N4O4. The number of nitrogens with one attached hydrogen (secondary N) is 1. The number of carbonyl (C=O) groups is 2. The van der Waals surface area contributed by atoms with E-state index in [1.807, 2.05) is 4.90 Å². The summed E-state index contributed by atoms with van der Waals surface area (Å²) in [5.41, 5.74) is 0. The standard InChI is InChI=1S/C33H64N4O4/c1-2-3-4-5-6-7-8-9-10-11-12-13-14-15-16-18-23-36(31-38)41-28-21-32-20-17-19-24-37(32)33(39)34-22-25-35-26-29-40-30-27-35/h31-32H,2-30H2,1H3,(H,34,39). The molecule has 0 aromatic rings. The molecule has 0 aromatic heterocycles. The first-order chi connectivity index (χ1) is 20.2. The lowest BCUT2D eigenvalue weighted by atomic mass is 10.0. The first-order valence-electron chi connectivity index (χ1n) is 17.4. The van der Waals surface area contributed by atoms with Crippen molar-refractivity contribution in [3.8, 4) is 0 Å². The lowest BCUT2D eigenvalue weighted by molar-refractivity contribution is -0.174. The maximum Gasteiger partial charge on any atom is 0.317 e. The number of ether oxygens (including phenoxy) is 1. The number of rotatable bonds is 25. The van der Waals surface area contributed by atoms with Crippen molar-refractivity contribution in [2.45, 2.75) is 141 Å². The Kier molecular flexibility index (Phi) is 22.0. The number of likely N-dealkylation sites (tertiary alicyclic amines) is 1. The Morgan fingerprint density at radius 2 is 1.44 bits per heavy atom. The predicted molar refractivity (Wildman–Crippen MR) is 168 cm³/mol. The monoisotopic (exact) mass is 580 g/mol. The lowest BCUT2D eigenvalue weighted by Gasteiger charge is -2.36. The number of nitrogens with zero attached hydrogens (tertiary/aromatic N) is 3. The first kappa shape index (κ1) is 35.8. The molecule has 0 saturated carbocycles. The number of piperidine rings is 1. The number of hydrogen-bond donors (Lipinski definition) is 1. The molecule has 0 radical (unpaired) electrons. The van der Waals surface area contributed by atoms with Crippen LogP contribution in [0.3, 0.4) is 0 Å². The molecule has 1 N–H and O–H groups in total. The highest BCUT2D eigenvalue weighted by atomic mass is 16.7. The molecular weight excluding hydrogens is 516 g/mol. The van der Waals surface area contributed by atoms with E-state index in [0.717, 1.165) is 84.3 Å². The van der Waals surface area contributed by atoms with Crippen molar-refractivity contribution in [2.75, 3.05) is 59.1 Å². The van der Waals surface area contributed by atoms with Crippen LogP contribution in [-0.4, -0.2) is 92.4 Å². The van der Waals surface area contributed by atoms with Crippen LogP contribution in [0.4, 0.5) is 4.79 Å². The van der Waals surface area contributed by atoms with Crippen molar-refractivity contribution in [1.82, 2.24) is 20.2 Å². The van der Waals surface area contributed by atoms with Crippen LogP contribution in [0.2, 0.25) is 0 Å². The summed E-state index contributed by atoms with van der Waals surface area (Å²) in [5, 5.41) is 4.57. The van der Waals surface area contributed by atoms with Gasteiger partial charge in [-0.3, -0.25) is 14.5 Å². The van der Waals surface area contributed by atoms with Crippen LogP contribution in [-0.2, 0) is 14.4 Å². The third kappa shape index (κ3) is 18.0. The van der Waals surface area contributed by atoms with Gasteiger partial charge in [-0.05, 0) is 32.1 Å². The molecule has 240 valence electrons. The largest absolute Gasteiger partial charge is 0.379 e. The number of hydroxylamine groups is 2. The first-order valence-corrected chi connectivity index (χ1v) is 17.4. The molecule has 0 spiro atoms. The molecule has 2 fully saturated rings. The number of hydrogen-bond acceptors (Lipinski definition) is 5. The van der Waals surface area contributed by atoms with Crippen molar-refractivity contribution in [3.05, 3.63) is 0 Å². The van der Waals surface area contributed by atoms with Gasteiger partial charge in [0.15, 0.2) is 0 Å². The second-order valence-corrected chi connectivity index (χ2v) is 12.2. The van der Waals surface area contributed by atoms with E-state index in [4.69, 9.17) is 9.57 Å². The Labute approximate surface area is 252 Å². The molecule has 1 atom stereocenters. The van der Waals surface area contributed by atoms with Gasteiger partial charge in [0.1, 0.15) is 0 Å². The molecule has 2 saturated heterocycles. The molecule has 2 rings (SSSR count). The van der Waals surface area contributed by atoms with Gasteiger partial charge in [-0.15, -0.1) is 0 Å². The molecule has 2 aliphatic heterocycles. The lowest BCUT2D eigenvalue weighted by Crippen LogP contribution is -2.50. The van der Waals surface area contributed by atoms with Crippen molar-refractivity contribution in [1.29, 1.82) is 0 Å². The highest BCUT2D eigenvalue weighted by Crippen LogP contribution is 2.20. The zero-order valence-electron chi connectivity index (χ0n) is 26.6. The molecule has 8 nitrogen and oxygen atoms in total. The minimum absolute atomic E-state index is 0.0309. The van der Waals surface area contributed by atoms with Crippen molar-refractivity contribution in [3.63, 3.8) is 0 Å². The van der Waals surface area contributed by atoms with Crippen LogP contribution in [0.1, 0.15) is 135 Å². The molecule has 1 unspecified atom stereocenters. The van der Waals surface area contributed by atoms with E-state index in [-0.39, 0.29) is 12.1 Å². The van der Waals surface area contributed by atoms with Crippen LogP contribution >= 0.6 is 0 Å². The van der Waals surface area contributed by atoms with E-state index in [0.29, 0.717) is 19.7 Å². The van der Waals surface area contributed by atoms with Gasteiger partial charge in [0, 0.05) is 45.3 Å². The topological polar surface area (TPSA) is 74.4 Å². The second-order valence-electron chi connectivity index (χ2n) is 12.2. The summed E-state index contributed by atoms with van der Waals surface area (Å²) in [7, 11) is 0. The van der Waals surface area contributed by atoms with E-state index in [1.165, 1.54) is 95.0 Å². The average Bonchev–Trinajstić information content (AvgIpc) is 3.00. The summed E-state index contributed by atoms with van der Waals surface area (Å²) in [4.78, 5) is 34.5. The highest BCUT2D eigenvalue weighted by Gasteiger charge is 2.26.